The highest BCUT2D eigenvalue weighted by Crippen LogP contribution is 2.40. The summed E-state index contributed by atoms with van der Waals surface area (Å²) >= 11 is 0. The summed E-state index contributed by atoms with van der Waals surface area (Å²) in [7, 11) is 1.86. The number of nitrogens with two attached hydrogens (primary N) is 1. The summed E-state index contributed by atoms with van der Waals surface area (Å²) in [5, 5.41) is 13.0. The van der Waals surface area contributed by atoms with Crippen LogP contribution in [-0.2, 0) is 0 Å². The molecule has 1 aliphatic carbocycles. The number of fused-ring (bicyclic) bond motifs is 1. The van der Waals surface area contributed by atoms with E-state index in [1.54, 1.807) is 4.57 Å². The van der Waals surface area contributed by atoms with Crippen LogP contribution < -0.4 is 27.2 Å². The molecular formula is C20H26N6O2. The lowest BCUT2D eigenvalue weighted by atomic mass is 9.93. The van der Waals surface area contributed by atoms with Gasteiger partial charge in [-0.25, -0.2) is 4.79 Å². The molecule has 0 bridgehead atoms. The van der Waals surface area contributed by atoms with E-state index in [-0.39, 0.29) is 23.6 Å². The van der Waals surface area contributed by atoms with Crippen LogP contribution in [0.5, 0.6) is 0 Å². The third-order valence-electron chi connectivity index (χ3n) is 6.10. The summed E-state index contributed by atoms with van der Waals surface area (Å²) in [5.74, 6) is 0.235. The summed E-state index contributed by atoms with van der Waals surface area (Å²) in [4.78, 5) is 29.6. The molecule has 28 heavy (non-hydrogen) atoms. The number of nitrogens with one attached hydrogen (secondary N) is 2. The molecule has 8 heteroatoms. The van der Waals surface area contributed by atoms with Crippen LogP contribution in [0.1, 0.15) is 30.9 Å². The largest absolute Gasteiger partial charge is 0.398 e. The molecule has 4 rings (SSSR count). The van der Waals surface area contributed by atoms with E-state index in [0.29, 0.717) is 23.1 Å². The number of rotatable bonds is 5. The molecule has 1 saturated heterocycles. The first-order valence-electron chi connectivity index (χ1n) is 9.83. The molecule has 2 fully saturated rings. The van der Waals surface area contributed by atoms with Crippen molar-refractivity contribution in [3.05, 3.63) is 32.5 Å². The summed E-state index contributed by atoms with van der Waals surface area (Å²) in [5.41, 5.74) is 8.39. The predicted octanol–water partition coefficient (Wildman–Crippen LogP) is 1.10. The lowest BCUT2D eigenvalue weighted by Crippen LogP contribution is -2.32. The molecular weight excluding hydrogens is 356 g/mol. The van der Waals surface area contributed by atoms with Gasteiger partial charge in [0.05, 0.1) is 22.9 Å². The van der Waals surface area contributed by atoms with E-state index < -0.39 is 5.56 Å². The summed E-state index contributed by atoms with van der Waals surface area (Å²) in [6, 6.07) is 4.39. The highest BCUT2D eigenvalue weighted by Gasteiger charge is 2.32. The summed E-state index contributed by atoms with van der Waals surface area (Å²) in [6.07, 6.45) is 2.80. The van der Waals surface area contributed by atoms with Crippen molar-refractivity contribution in [3.63, 3.8) is 0 Å². The quantitative estimate of drug-likeness (QED) is 0.666. The SMILES string of the molecule is CNCC(C#N)C1CCN(c2cc(N)c3c(=O)[nH]c(=O)n(C4CC4)c3c2C)C1. The fourth-order valence-corrected chi connectivity index (χ4v) is 4.52. The molecule has 0 spiro atoms. The standard InChI is InChI=1S/C20H26N6O2/c1-11-16(25-6-5-12(10-25)13(8-21)9-23-2)7-15(22)17-18(11)26(14-3-4-14)20(28)24-19(17)27/h7,12-14,23H,3-6,9-10,22H2,1-2H3,(H,24,27,28). The Balaban J connectivity index is 1.81. The number of aryl methyl sites for hydroxylation is 1. The zero-order chi connectivity index (χ0) is 20.0. The third kappa shape index (κ3) is 2.96. The van der Waals surface area contributed by atoms with Gasteiger partial charge in [-0.1, -0.05) is 0 Å². The first-order chi connectivity index (χ1) is 13.5. The van der Waals surface area contributed by atoms with Gasteiger partial charge in [-0.2, -0.15) is 5.26 Å². The molecule has 0 radical (unpaired) electrons. The number of aromatic nitrogens is 2. The normalized spacial score (nSPS) is 20.5. The van der Waals surface area contributed by atoms with E-state index >= 15 is 0 Å². The van der Waals surface area contributed by atoms with Gasteiger partial charge in [-0.15, -0.1) is 0 Å². The van der Waals surface area contributed by atoms with Crippen molar-refractivity contribution in [2.75, 3.05) is 37.3 Å². The summed E-state index contributed by atoms with van der Waals surface area (Å²) in [6.45, 7) is 4.22. The van der Waals surface area contributed by atoms with Gasteiger partial charge in [0.25, 0.3) is 5.56 Å². The Bertz CT molecular complexity index is 1080. The van der Waals surface area contributed by atoms with Crippen molar-refractivity contribution in [2.24, 2.45) is 11.8 Å². The maximum atomic E-state index is 12.5. The van der Waals surface area contributed by atoms with Gasteiger partial charge in [0.2, 0.25) is 0 Å². The van der Waals surface area contributed by atoms with Crippen molar-refractivity contribution < 1.29 is 0 Å². The van der Waals surface area contributed by atoms with E-state index in [2.05, 4.69) is 21.3 Å². The maximum absolute atomic E-state index is 12.5. The van der Waals surface area contributed by atoms with Crippen molar-refractivity contribution in [1.29, 1.82) is 5.26 Å². The lowest BCUT2D eigenvalue weighted by Gasteiger charge is -2.25. The average molecular weight is 382 g/mol. The number of aromatic amines is 1. The van der Waals surface area contributed by atoms with Gasteiger partial charge in [-0.3, -0.25) is 14.3 Å². The van der Waals surface area contributed by atoms with E-state index in [9.17, 15) is 14.9 Å². The molecule has 2 unspecified atom stereocenters. The average Bonchev–Trinajstić information content (AvgIpc) is 3.38. The number of hydrogen-bond donors (Lipinski definition) is 3. The van der Waals surface area contributed by atoms with Gasteiger partial charge in [-0.05, 0) is 50.8 Å². The smallest absolute Gasteiger partial charge is 0.329 e. The molecule has 1 saturated carbocycles. The molecule has 0 amide bonds. The number of H-pyrrole nitrogens is 1. The minimum absolute atomic E-state index is 0.0411. The maximum Gasteiger partial charge on any atom is 0.329 e. The van der Waals surface area contributed by atoms with Crippen LogP contribution in [0, 0.1) is 30.1 Å². The molecule has 2 heterocycles. The molecule has 2 aromatic rings. The molecule has 1 aliphatic heterocycles. The molecule has 148 valence electrons. The second-order valence-electron chi connectivity index (χ2n) is 7.98. The fourth-order valence-electron chi connectivity index (χ4n) is 4.52. The Hall–Kier alpha value is -2.79. The van der Waals surface area contributed by atoms with Gasteiger partial charge >= 0.3 is 5.69 Å². The van der Waals surface area contributed by atoms with Gasteiger partial charge in [0.15, 0.2) is 0 Å². The first kappa shape index (κ1) is 18.6. The fraction of sp³-hybridized carbons (Fsp3) is 0.550. The zero-order valence-electron chi connectivity index (χ0n) is 16.3. The van der Waals surface area contributed by atoms with Crippen molar-refractivity contribution >= 4 is 22.3 Å². The van der Waals surface area contributed by atoms with E-state index in [1.165, 1.54) is 0 Å². The zero-order valence-corrected chi connectivity index (χ0v) is 16.3. The van der Waals surface area contributed by atoms with Crippen LogP contribution in [0.25, 0.3) is 10.9 Å². The first-order valence-corrected chi connectivity index (χ1v) is 9.83. The second-order valence-corrected chi connectivity index (χ2v) is 7.98. The minimum Gasteiger partial charge on any atom is -0.398 e. The molecule has 2 aliphatic rings. The van der Waals surface area contributed by atoms with Crippen molar-refractivity contribution in [1.82, 2.24) is 14.9 Å². The van der Waals surface area contributed by atoms with Gasteiger partial charge in [0.1, 0.15) is 0 Å². The van der Waals surface area contributed by atoms with Crippen molar-refractivity contribution in [2.45, 2.75) is 32.2 Å². The number of nitrogens with zero attached hydrogens (tertiary/aromatic N) is 3. The van der Waals surface area contributed by atoms with Crippen molar-refractivity contribution in [3.8, 4) is 6.07 Å². The topological polar surface area (TPSA) is 120 Å². The van der Waals surface area contributed by atoms with Crippen LogP contribution in [0.2, 0.25) is 0 Å². The second kappa shape index (κ2) is 6.99. The highest BCUT2D eigenvalue weighted by atomic mass is 16.2. The number of nitrogen functional groups attached to an aromatic ring is 1. The number of anilines is 2. The highest BCUT2D eigenvalue weighted by molar-refractivity contribution is 5.96. The molecule has 8 nitrogen and oxygen atoms in total. The minimum atomic E-state index is -0.429. The van der Waals surface area contributed by atoms with Gasteiger partial charge < -0.3 is 16.0 Å². The Morgan fingerprint density at radius 2 is 2.14 bits per heavy atom. The molecule has 1 aromatic heterocycles. The van der Waals surface area contributed by atoms with Crippen LogP contribution >= 0.6 is 0 Å². The Kier molecular flexibility index (Phi) is 4.63. The molecule has 1 aromatic carbocycles. The van der Waals surface area contributed by atoms with E-state index in [0.717, 1.165) is 43.6 Å². The monoisotopic (exact) mass is 382 g/mol. The number of hydrogen-bond acceptors (Lipinski definition) is 6. The van der Waals surface area contributed by atoms with Crippen LogP contribution in [0.15, 0.2) is 15.7 Å². The third-order valence-corrected chi connectivity index (χ3v) is 6.10. The van der Waals surface area contributed by atoms with Crippen LogP contribution in [0.3, 0.4) is 0 Å². The Labute approximate surface area is 162 Å². The Morgan fingerprint density at radius 3 is 2.79 bits per heavy atom. The van der Waals surface area contributed by atoms with Gasteiger partial charge in [0, 0.05) is 37.1 Å². The molecule has 2 atom stereocenters. The lowest BCUT2D eigenvalue weighted by molar-refractivity contribution is 0.427. The van der Waals surface area contributed by atoms with Crippen LogP contribution in [0.4, 0.5) is 11.4 Å². The van der Waals surface area contributed by atoms with E-state index in [1.807, 2.05) is 20.0 Å². The predicted molar refractivity (Wildman–Crippen MR) is 110 cm³/mol. The Morgan fingerprint density at radius 1 is 1.39 bits per heavy atom. The van der Waals surface area contributed by atoms with E-state index in [4.69, 9.17) is 5.73 Å². The molecule has 4 N–H and O–H groups in total. The summed E-state index contributed by atoms with van der Waals surface area (Å²) < 4.78 is 1.71. The van der Waals surface area contributed by atoms with Crippen LogP contribution in [-0.4, -0.2) is 36.2 Å². The number of nitriles is 1. The number of benzene rings is 1.